The average Bonchev–Trinajstić information content (AvgIpc) is 2.89. The smallest absolute Gasteiger partial charge is 0.178 e. The second-order valence-electron chi connectivity index (χ2n) is 4.72. The van der Waals surface area contributed by atoms with Crippen molar-refractivity contribution in [1.82, 2.24) is 10.1 Å². The second kappa shape index (κ2) is 5.28. The SMILES string of the molecule is COc1ccc(C)cc1-c1c(N)noc1-c1cccnc1. The van der Waals surface area contributed by atoms with Crippen LogP contribution in [0.3, 0.4) is 0 Å². The maximum Gasteiger partial charge on any atom is 0.178 e. The van der Waals surface area contributed by atoms with Crippen LogP contribution < -0.4 is 10.5 Å². The van der Waals surface area contributed by atoms with Crippen molar-refractivity contribution in [3.05, 3.63) is 48.3 Å². The Labute approximate surface area is 122 Å². The van der Waals surface area contributed by atoms with E-state index < -0.39 is 0 Å². The third-order valence-electron chi connectivity index (χ3n) is 3.27. The van der Waals surface area contributed by atoms with Gasteiger partial charge in [-0.15, -0.1) is 0 Å². The lowest BCUT2D eigenvalue weighted by atomic mass is 10.00. The number of anilines is 1. The van der Waals surface area contributed by atoms with Gasteiger partial charge in [-0.1, -0.05) is 16.8 Å². The number of benzene rings is 1. The normalized spacial score (nSPS) is 10.6. The van der Waals surface area contributed by atoms with Gasteiger partial charge in [0.2, 0.25) is 0 Å². The Balaban J connectivity index is 2.24. The van der Waals surface area contributed by atoms with Crippen LogP contribution in [0.1, 0.15) is 5.56 Å². The Morgan fingerprint density at radius 2 is 2.10 bits per heavy atom. The summed E-state index contributed by atoms with van der Waals surface area (Å²) in [6.45, 7) is 2.01. The van der Waals surface area contributed by atoms with Crippen LogP contribution in [0.5, 0.6) is 5.75 Å². The number of aryl methyl sites for hydroxylation is 1. The highest BCUT2D eigenvalue weighted by Gasteiger charge is 2.20. The topological polar surface area (TPSA) is 74.2 Å². The van der Waals surface area contributed by atoms with Crippen molar-refractivity contribution in [3.63, 3.8) is 0 Å². The van der Waals surface area contributed by atoms with Gasteiger partial charge in [-0.2, -0.15) is 0 Å². The first-order valence-electron chi connectivity index (χ1n) is 6.51. The van der Waals surface area contributed by atoms with Gasteiger partial charge < -0.3 is 15.0 Å². The molecule has 2 aromatic heterocycles. The molecule has 0 spiro atoms. The molecule has 0 saturated carbocycles. The summed E-state index contributed by atoms with van der Waals surface area (Å²) < 4.78 is 10.8. The highest BCUT2D eigenvalue weighted by Crippen LogP contribution is 2.41. The van der Waals surface area contributed by atoms with E-state index in [0.717, 1.165) is 28.0 Å². The number of nitrogens with two attached hydrogens (primary N) is 1. The molecule has 106 valence electrons. The summed E-state index contributed by atoms with van der Waals surface area (Å²) in [5.74, 6) is 1.64. The Morgan fingerprint density at radius 3 is 2.81 bits per heavy atom. The first kappa shape index (κ1) is 13.2. The quantitative estimate of drug-likeness (QED) is 0.797. The number of ether oxygens (including phenoxy) is 1. The molecule has 0 aliphatic heterocycles. The minimum Gasteiger partial charge on any atom is -0.496 e. The fraction of sp³-hybridized carbons (Fsp3) is 0.125. The molecule has 2 heterocycles. The molecule has 5 nitrogen and oxygen atoms in total. The third kappa shape index (κ3) is 2.33. The third-order valence-corrected chi connectivity index (χ3v) is 3.27. The molecule has 0 atom stereocenters. The van der Waals surface area contributed by atoms with Gasteiger partial charge in [0.05, 0.1) is 12.7 Å². The van der Waals surface area contributed by atoms with E-state index in [9.17, 15) is 0 Å². The van der Waals surface area contributed by atoms with Crippen molar-refractivity contribution in [2.45, 2.75) is 6.92 Å². The number of hydrogen-bond donors (Lipinski definition) is 1. The molecular formula is C16H15N3O2. The molecule has 21 heavy (non-hydrogen) atoms. The lowest BCUT2D eigenvalue weighted by Gasteiger charge is -2.09. The van der Waals surface area contributed by atoms with E-state index >= 15 is 0 Å². The number of aromatic nitrogens is 2. The van der Waals surface area contributed by atoms with E-state index in [2.05, 4.69) is 10.1 Å². The van der Waals surface area contributed by atoms with E-state index in [1.807, 2.05) is 37.3 Å². The first-order chi connectivity index (χ1) is 10.2. The van der Waals surface area contributed by atoms with E-state index in [-0.39, 0.29) is 0 Å². The number of rotatable bonds is 3. The summed E-state index contributed by atoms with van der Waals surface area (Å²) in [5, 5.41) is 3.89. The van der Waals surface area contributed by atoms with Gasteiger partial charge in [0, 0.05) is 23.5 Å². The number of hydrogen-bond acceptors (Lipinski definition) is 5. The summed E-state index contributed by atoms with van der Waals surface area (Å²) in [6, 6.07) is 9.63. The summed E-state index contributed by atoms with van der Waals surface area (Å²) >= 11 is 0. The largest absolute Gasteiger partial charge is 0.496 e. The standard InChI is InChI=1S/C16H15N3O2/c1-10-5-6-13(20-2)12(8-10)14-15(21-19-16(14)17)11-4-3-7-18-9-11/h3-9H,1-2H3,(H2,17,19). The molecule has 0 aliphatic rings. The molecule has 0 radical (unpaired) electrons. The predicted molar refractivity (Wildman–Crippen MR) is 80.9 cm³/mol. The van der Waals surface area contributed by atoms with Crippen LogP contribution in [0.4, 0.5) is 5.82 Å². The zero-order chi connectivity index (χ0) is 14.8. The first-order valence-corrected chi connectivity index (χ1v) is 6.51. The Morgan fingerprint density at radius 1 is 1.24 bits per heavy atom. The van der Waals surface area contributed by atoms with Gasteiger partial charge in [0.1, 0.15) is 5.75 Å². The Kier molecular flexibility index (Phi) is 3.31. The minimum atomic E-state index is 0.331. The van der Waals surface area contributed by atoms with Gasteiger partial charge >= 0.3 is 0 Å². The molecule has 0 amide bonds. The minimum absolute atomic E-state index is 0.331. The fourth-order valence-corrected chi connectivity index (χ4v) is 2.27. The summed E-state index contributed by atoms with van der Waals surface area (Å²) in [7, 11) is 1.63. The van der Waals surface area contributed by atoms with Gasteiger partial charge in [-0.25, -0.2) is 0 Å². The molecule has 3 aromatic rings. The number of nitrogen functional groups attached to an aromatic ring is 1. The van der Waals surface area contributed by atoms with Crippen molar-refractivity contribution < 1.29 is 9.26 Å². The molecule has 5 heteroatoms. The van der Waals surface area contributed by atoms with Crippen molar-refractivity contribution >= 4 is 5.82 Å². The van der Waals surface area contributed by atoms with Crippen LogP contribution in [0, 0.1) is 6.92 Å². The zero-order valence-corrected chi connectivity index (χ0v) is 11.8. The van der Waals surface area contributed by atoms with Crippen LogP contribution in [0.25, 0.3) is 22.5 Å². The van der Waals surface area contributed by atoms with Gasteiger partial charge in [0.15, 0.2) is 11.6 Å². The average molecular weight is 281 g/mol. The van der Waals surface area contributed by atoms with Crippen molar-refractivity contribution in [3.8, 4) is 28.2 Å². The van der Waals surface area contributed by atoms with Gasteiger partial charge in [-0.3, -0.25) is 4.98 Å². The number of methoxy groups -OCH3 is 1. The highest BCUT2D eigenvalue weighted by molar-refractivity contribution is 5.89. The molecule has 0 aliphatic carbocycles. The fourth-order valence-electron chi connectivity index (χ4n) is 2.27. The zero-order valence-electron chi connectivity index (χ0n) is 11.8. The van der Waals surface area contributed by atoms with Crippen molar-refractivity contribution in [2.24, 2.45) is 0 Å². The molecule has 3 rings (SSSR count). The van der Waals surface area contributed by atoms with Gasteiger partial charge in [0.25, 0.3) is 0 Å². The van der Waals surface area contributed by atoms with Crippen LogP contribution in [-0.4, -0.2) is 17.3 Å². The highest BCUT2D eigenvalue weighted by atomic mass is 16.5. The predicted octanol–water partition coefficient (Wildman–Crippen LogP) is 3.30. The second-order valence-corrected chi connectivity index (χ2v) is 4.72. The van der Waals surface area contributed by atoms with Crippen molar-refractivity contribution in [2.75, 3.05) is 12.8 Å². The van der Waals surface area contributed by atoms with Gasteiger partial charge in [-0.05, 0) is 31.2 Å². The molecule has 0 fully saturated rings. The summed E-state index contributed by atoms with van der Waals surface area (Å²) in [5.41, 5.74) is 9.51. The lowest BCUT2D eigenvalue weighted by Crippen LogP contribution is -1.93. The van der Waals surface area contributed by atoms with E-state index in [1.165, 1.54) is 0 Å². The van der Waals surface area contributed by atoms with E-state index in [0.29, 0.717) is 11.6 Å². The number of pyridine rings is 1. The van der Waals surface area contributed by atoms with E-state index in [4.69, 9.17) is 15.0 Å². The molecule has 1 aromatic carbocycles. The molecule has 0 bridgehead atoms. The van der Waals surface area contributed by atoms with Crippen LogP contribution >= 0.6 is 0 Å². The van der Waals surface area contributed by atoms with Crippen LogP contribution in [-0.2, 0) is 0 Å². The maximum absolute atomic E-state index is 6.00. The maximum atomic E-state index is 6.00. The van der Waals surface area contributed by atoms with E-state index in [1.54, 1.807) is 19.5 Å². The molecule has 0 saturated heterocycles. The monoisotopic (exact) mass is 281 g/mol. The summed E-state index contributed by atoms with van der Waals surface area (Å²) in [4.78, 5) is 4.11. The molecule has 2 N–H and O–H groups in total. The lowest BCUT2D eigenvalue weighted by molar-refractivity contribution is 0.416. The molecule has 0 unspecified atom stereocenters. The number of nitrogens with zero attached hydrogens (tertiary/aromatic N) is 2. The Hall–Kier alpha value is -2.82. The summed E-state index contributed by atoms with van der Waals surface area (Å²) in [6.07, 6.45) is 3.42. The molecular weight excluding hydrogens is 266 g/mol. The van der Waals surface area contributed by atoms with Crippen LogP contribution in [0.15, 0.2) is 47.2 Å². The van der Waals surface area contributed by atoms with Crippen molar-refractivity contribution in [1.29, 1.82) is 0 Å². The Bertz CT molecular complexity index is 766. The van der Waals surface area contributed by atoms with Crippen LogP contribution in [0.2, 0.25) is 0 Å².